The number of hydrogen-bond donors (Lipinski definition) is 0. The van der Waals surface area contributed by atoms with Gasteiger partial charge in [0.2, 0.25) is 5.91 Å². The Balaban J connectivity index is 1.28. The van der Waals surface area contributed by atoms with Crippen LogP contribution in [0.15, 0.2) is 54.6 Å². The van der Waals surface area contributed by atoms with E-state index in [-0.39, 0.29) is 17.9 Å². The summed E-state index contributed by atoms with van der Waals surface area (Å²) >= 11 is 1.66. The van der Waals surface area contributed by atoms with Crippen LogP contribution in [0.3, 0.4) is 0 Å². The molecule has 4 rings (SSSR count). The number of carbonyl (C=O) groups is 2. The van der Waals surface area contributed by atoms with Gasteiger partial charge in [-0.3, -0.25) is 9.59 Å². The molecule has 1 unspecified atom stereocenters. The van der Waals surface area contributed by atoms with Crippen LogP contribution < -0.4 is 4.74 Å². The van der Waals surface area contributed by atoms with Crippen molar-refractivity contribution in [2.75, 3.05) is 31.8 Å². The summed E-state index contributed by atoms with van der Waals surface area (Å²) in [5.41, 5.74) is 1.98. The van der Waals surface area contributed by atoms with Crippen molar-refractivity contribution in [3.8, 4) is 5.75 Å². The van der Waals surface area contributed by atoms with Crippen molar-refractivity contribution >= 4 is 23.6 Å². The second-order valence-electron chi connectivity index (χ2n) is 8.31. The highest BCUT2D eigenvalue weighted by molar-refractivity contribution is 7.99. The number of ether oxygens (including phenoxy) is 1. The molecule has 1 atom stereocenters. The van der Waals surface area contributed by atoms with Crippen LogP contribution in [0.4, 0.5) is 0 Å². The fraction of sp³-hybridized carbons (Fsp3) is 0.440. The first-order chi connectivity index (χ1) is 15.2. The van der Waals surface area contributed by atoms with Crippen LogP contribution in [0.25, 0.3) is 0 Å². The van der Waals surface area contributed by atoms with Crippen molar-refractivity contribution in [1.29, 1.82) is 0 Å². The molecule has 5 nitrogen and oxygen atoms in total. The lowest BCUT2D eigenvalue weighted by Gasteiger charge is -2.35. The summed E-state index contributed by atoms with van der Waals surface area (Å²) in [6.07, 6.45) is 4.27. The maximum Gasteiger partial charge on any atom is 0.255 e. The van der Waals surface area contributed by atoms with E-state index in [1.54, 1.807) is 23.8 Å². The Labute approximate surface area is 188 Å². The minimum absolute atomic E-state index is 0.0432. The van der Waals surface area contributed by atoms with Gasteiger partial charge in [0.25, 0.3) is 5.91 Å². The van der Waals surface area contributed by atoms with E-state index in [0.29, 0.717) is 23.1 Å². The molecule has 2 saturated heterocycles. The van der Waals surface area contributed by atoms with Crippen LogP contribution in [0, 0.1) is 5.92 Å². The molecule has 164 valence electrons. The van der Waals surface area contributed by atoms with E-state index in [2.05, 4.69) is 12.1 Å². The average molecular weight is 439 g/mol. The van der Waals surface area contributed by atoms with Crippen molar-refractivity contribution in [2.45, 2.75) is 31.7 Å². The van der Waals surface area contributed by atoms with Crippen LogP contribution in [0.5, 0.6) is 5.75 Å². The summed E-state index contributed by atoms with van der Waals surface area (Å²) in [4.78, 5) is 29.8. The number of methoxy groups -OCH3 is 1. The third kappa shape index (κ3) is 5.24. The molecule has 2 fully saturated rings. The highest BCUT2D eigenvalue weighted by Crippen LogP contribution is 2.28. The zero-order valence-electron chi connectivity index (χ0n) is 18.0. The summed E-state index contributed by atoms with van der Waals surface area (Å²) in [6.45, 7) is 1.58. The lowest BCUT2D eigenvalue weighted by atomic mass is 9.90. The van der Waals surface area contributed by atoms with Crippen LogP contribution >= 0.6 is 11.8 Å². The van der Waals surface area contributed by atoms with Crippen LogP contribution in [0.2, 0.25) is 0 Å². The van der Waals surface area contributed by atoms with Gasteiger partial charge < -0.3 is 14.5 Å². The molecule has 2 aliphatic rings. The number of aryl methyl sites for hydroxylation is 1. The molecule has 2 aromatic carbocycles. The van der Waals surface area contributed by atoms with E-state index < -0.39 is 0 Å². The van der Waals surface area contributed by atoms with Gasteiger partial charge in [-0.05, 0) is 61.4 Å². The topological polar surface area (TPSA) is 49.9 Å². The number of benzene rings is 2. The van der Waals surface area contributed by atoms with E-state index in [1.165, 1.54) is 5.56 Å². The summed E-state index contributed by atoms with van der Waals surface area (Å²) in [7, 11) is 1.69. The first kappa shape index (κ1) is 21.8. The Morgan fingerprint density at radius 1 is 1.03 bits per heavy atom. The number of carbonyl (C=O) groups excluding carboxylic acids is 2. The molecule has 2 heterocycles. The fourth-order valence-electron chi connectivity index (χ4n) is 4.41. The monoisotopic (exact) mass is 438 g/mol. The maximum atomic E-state index is 13.2. The zero-order chi connectivity index (χ0) is 21.6. The normalized spacial score (nSPS) is 19.5. The number of thioether (sulfide) groups is 1. The van der Waals surface area contributed by atoms with Crippen LogP contribution in [-0.4, -0.2) is 59.5 Å². The Morgan fingerprint density at radius 3 is 2.42 bits per heavy atom. The predicted molar refractivity (Wildman–Crippen MR) is 124 cm³/mol. The van der Waals surface area contributed by atoms with E-state index in [9.17, 15) is 9.59 Å². The van der Waals surface area contributed by atoms with Crippen molar-refractivity contribution in [3.05, 3.63) is 65.7 Å². The molecule has 0 saturated carbocycles. The molecule has 0 spiro atoms. The van der Waals surface area contributed by atoms with Gasteiger partial charge in [0.15, 0.2) is 0 Å². The zero-order valence-corrected chi connectivity index (χ0v) is 18.9. The Morgan fingerprint density at radius 2 is 1.74 bits per heavy atom. The number of amides is 2. The summed E-state index contributed by atoms with van der Waals surface area (Å²) < 4.78 is 5.22. The fourth-order valence-corrected chi connectivity index (χ4v) is 5.55. The smallest absolute Gasteiger partial charge is 0.255 e. The molecule has 2 aliphatic heterocycles. The lowest BCUT2D eigenvalue weighted by Crippen LogP contribution is -2.51. The Bertz CT molecular complexity index is 879. The van der Waals surface area contributed by atoms with E-state index in [1.807, 2.05) is 47.4 Å². The van der Waals surface area contributed by atoms with Crippen molar-refractivity contribution in [1.82, 2.24) is 9.80 Å². The second kappa shape index (κ2) is 10.2. The van der Waals surface area contributed by atoms with Gasteiger partial charge >= 0.3 is 0 Å². The molecule has 6 heteroatoms. The first-order valence-corrected chi connectivity index (χ1v) is 12.2. The molecular formula is C25H30N2O3S. The Kier molecular flexibility index (Phi) is 7.17. The Hall–Kier alpha value is -2.47. The molecule has 0 aliphatic carbocycles. The highest BCUT2D eigenvalue weighted by atomic mass is 32.2. The van der Waals surface area contributed by atoms with Crippen molar-refractivity contribution < 1.29 is 14.3 Å². The third-order valence-corrected chi connectivity index (χ3v) is 7.39. The molecule has 0 N–H and O–H groups in total. The number of piperidine rings is 1. The molecule has 2 amide bonds. The van der Waals surface area contributed by atoms with Crippen molar-refractivity contribution in [2.24, 2.45) is 5.92 Å². The van der Waals surface area contributed by atoms with E-state index >= 15 is 0 Å². The van der Waals surface area contributed by atoms with Gasteiger partial charge in [-0.1, -0.05) is 30.3 Å². The molecule has 31 heavy (non-hydrogen) atoms. The minimum atomic E-state index is -0.339. The van der Waals surface area contributed by atoms with Crippen molar-refractivity contribution in [3.63, 3.8) is 0 Å². The largest absolute Gasteiger partial charge is 0.497 e. The van der Waals surface area contributed by atoms with Crippen LogP contribution in [-0.2, 0) is 11.2 Å². The first-order valence-electron chi connectivity index (χ1n) is 11.0. The summed E-state index contributed by atoms with van der Waals surface area (Å²) in [5, 5.41) is 0. The number of likely N-dealkylation sites (tertiary alicyclic amines) is 1. The van der Waals surface area contributed by atoms with Gasteiger partial charge in [0.05, 0.1) is 13.0 Å². The highest BCUT2D eigenvalue weighted by Gasteiger charge is 2.38. The number of nitrogens with zero attached hydrogens (tertiary/aromatic N) is 2. The van der Waals surface area contributed by atoms with Gasteiger partial charge in [-0.2, -0.15) is 0 Å². The van der Waals surface area contributed by atoms with Gasteiger partial charge in [-0.25, -0.2) is 0 Å². The standard InChI is InChI=1S/C25H30N2O3S/c1-30-22-11-9-19(10-12-22)7-8-20-13-15-26(16-14-20)25(29)23-17-31-18-27(23)24(28)21-5-3-2-4-6-21/h2-6,9-12,20,23H,7-8,13-18H2,1H3. The summed E-state index contributed by atoms with van der Waals surface area (Å²) in [5.74, 6) is 2.88. The van der Waals surface area contributed by atoms with Gasteiger partial charge in [0.1, 0.15) is 11.8 Å². The van der Waals surface area contributed by atoms with E-state index in [0.717, 1.165) is 44.5 Å². The SMILES string of the molecule is COc1ccc(CCC2CCN(C(=O)C3CSCN3C(=O)c3ccccc3)CC2)cc1. The van der Waals surface area contributed by atoms with E-state index in [4.69, 9.17) is 4.74 Å². The second-order valence-corrected chi connectivity index (χ2v) is 9.31. The predicted octanol–water partition coefficient (Wildman–Crippen LogP) is 4.08. The molecule has 0 aromatic heterocycles. The minimum Gasteiger partial charge on any atom is -0.497 e. The molecule has 2 aromatic rings. The van der Waals surface area contributed by atoms with Crippen LogP contribution in [0.1, 0.15) is 35.2 Å². The molecular weight excluding hydrogens is 408 g/mol. The quantitative estimate of drug-likeness (QED) is 0.682. The molecule has 0 radical (unpaired) electrons. The lowest BCUT2D eigenvalue weighted by molar-refractivity contribution is -0.136. The maximum absolute atomic E-state index is 13.2. The summed E-state index contributed by atoms with van der Waals surface area (Å²) in [6, 6.07) is 17.2. The van der Waals surface area contributed by atoms with Gasteiger partial charge in [-0.15, -0.1) is 11.8 Å². The number of rotatable bonds is 6. The number of hydrogen-bond acceptors (Lipinski definition) is 4. The molecule has 0 bridgehead atoms. The third-order valence-electron chi connectivity index (χ3n) is 6.38. The average Bonchev–Trinajstić information content (AvgIpc) is 3.33. The van der Waals surface area contributed by atoms with Gasteiger partial charge in [0, 0.05) is 24.4 Å².